The Kier molecular flexibility index (Phi) is 4.73. The van der Waals surface area contributed by atoms with Crippen LogP contribution in [0.15, 0.2) is 65.2 Å². The van der Waals surface area contributed by atoms with Crippen LogP contribution in [0, 0.1) is 18.8 Å². The van der Waals surface area contributed by atoms with Crippen molar-refractivity contribution in [2.45, 2.75) is 6.92 Å². The minimum atomic E-state index is -0.241. The predicted octanol–water partition coefficient (Wildman–Crippen LogP) is 3.43. The summed E-state index contributed by atoms with van der Waals surface area (Å²) in [6, 6.07) is 19.1. The van der Waals surface area contributed by atoms with Crippen LogP contribution >= 0.6 is 0 Å². The third-order valence-electron chi connectivity index (χ3n) is 3.48. The Hall–Kier alpha value is -3.32. The largest absolute Gasteiger partial charge is 0.360 e. The van der Waals surface area contributed by atoms with E-state index in [0.717, 1.165) is 11.1 Å². The third-order valence-corrected chi connectivity index (χ3v) is 3.48. The van der Waals surface area contributed by atoms with Gasteiger partial charge in [0.2, 0.25) is 0 Å². The van der Waals surface area contributed by atoms with E-state index in [9.17, 15) is 4.79 Å². The van der Waals surface area contributed by atoms with Gasteiger partial charge in [-0.05, 0) is 19.1 Å². The van der Waals surface area contributed by atoms with E-state index >= 15 is 0 Å². The Morgan fingerprint density at radius 1 is 1.08 bits per heavy atom. The van der Waals surface area contributed by atoms with Crippen LogP contribution in [0.5, 0.6) is 0 Å². The van der Waals surface area contributed by atoms with Gasteiger partial charge in [0.05, 0.1) is 6.54 Å². The highest BCUT2D eigenvalue weighted by molar-refractivity contribution is 6.00. The number of hydrogen-bond donors (Lipinski definition) is 1. The molecule has 0 saturated carbocycles. The molecule has 118 valence electrons. The second-order valence-corrected chi connectivity index (χ2v) is 5.18. The number of amides is 1. The quantitative estimate of drug-likeness (QED) is 0.753. The van der Waals surface area contributed by atoms with Crippen LogP contribution in [0.3, 0.4) is 0 Å². The van der Waals surface area contributed by atoms with Gasteiger partial charge >= 0.3 is 0 Å². The van der Waals surface area contributed by atoms with E-state index in [2.05, 4.69) is 22.3 Å². The van der Waals surface area contributed by atoms with Gasteiger partial charge in [0, 0.05) is 11.1 Å². The topological polar surface area (TPSA) is 55.1 Å². The van der Waals surface area contributed by atoms with Crippen molar-refractivity contribution in [2.75, 3.05) is 6.54 Å². The first-order valence-electron chi connectivity index (χ1n) is 7.59. The van der Waals surface area contributed by atoms with Gasteiger partial charge in [0.25, 0.3) is 5.91 Å². The molecule has 3 aromatic rings. The molecule has 1 heterocycles. The molecule has 0 unspecified atom stereocenters. The van der Waals surface area contributed by atoms with E-state index in [0.29, 0.717) is 17.0 Å². The summed E-state index contributed by atoms with van der Waals surface area (Å²) in [5.41, 5.74) is 2.75. The molecule has 4 nitrogen and oxygen atoms in total. The van der Waals surface area contributed by atoms with E-state index in [4.69, 9.17) is 4.52 Å². The highest BCUT2D eigenvalue weighted by Crippen LogP contribution is 2.24. The number of carbonyl (C=O) groups excluding carboxylic acids is 1. The van der Waals surface area contributed by atoms with Crippen molar-refractivity contribution in [3.8, 4) is 23.1 Å². The van der Waals surface area contributed by atoms with Gasteiger partial charge in [-0.2, -0.15) is 0 Å². The predicted molar refractivity (Wildman–Crippen MR) is 92.3 cm³/mol. The number of nitrogens with zero attached hydrogens (tertiary/aromatic N) is 1. The lowest BCUT2D eigenvalue weighted by Gasteiger charge is -2.02. The van der Waals surface area contributed by atoms with Crippen LogP contribution in [0.1, 0.15) is 21.7 Å². The van der Waals surface area contributed by atoms with Crippen LogP contribution in [0.4, 0.5) is 0 Å². The van der Waals surface area contributed by atoms with E-state index in [-0.39, 0.29) is 12.5 Å². The minimum absolute atomic E-state index is 0.241. The molecule has 24 heavy (non-hydrogen) atoms. The molecule has 1 aromatic heterocycles. The highest BCUT2D eigenvalue weighted by Gasteiger charge is 2.20. The smallest absolute Gasteiger partial charge is 0.257 e. The molecule has 2 aromatic carbocycles. The first-order valence-corrected chi connectivity index (χ1v) is 7.59. The molecule has 0 aliphatic carbocycles. The number of benzene rings is 2. The molecule has 1 N–H and O–H groups in total. The van der Waals surface area contributed by atoms with E-state index in [1.165, 1.54) is 0 Å². The maximum Gasteiger partial charge on any atom is 0.257 e. The number of hydrogen-bond acceptors (Lipinski definition) is 3. The van der Waals surface area contributed by atoms with Crippen LogP contribution in [0.25, 0.3) is 11.3 Å². The zero-order chi connectivity index (χ0) is 16.8. The van der Waals surface area contributed by atoms with Crippen LogP contribution in [-0.4, -0.2) is 17.6 Å². The van der Waals surface area contributed by atoms with Crippen molar-refractivity contribution < 1.29 is 9.32 Å². The fourth-order valence-corrected chi connectivity index (χ4v) is 2.31. The monoisotopic (exact) mass is 316 g/mol. The number of aromatic nitrogens is 1. The number of rotatable bonds is 3. The fourth-order valence-electron chi connectivity index (χ4n) is 2.31. The van der Waals surface area contributed by atoms with Crippen molar-refractivity contribution in [3.63, 3.8) is 0 Å². The first-order chi connectivity index (χ1) is 11.8. The van der Waals surface area contributed by atoms with Gasteiger partial charge in [0.15, 0.2) is 0 Å². The summed E-state index contributed by atoms with van der Waals surface area (Å²) < 4.78 is 5.20. The lowest BCUT2D eigenvalue weighted by molar-refractivity contribution is 0.0957. The molecule has 0 aliphatic heterocycles. The lowest BCUT2D eigenvalue weighted by Crippen LogP contribution is -2.24. The Morgan fingerprint density at radius 3 is 2.46 bits per heavy atom. The highest BCUT2D eigenvalue weighted by atomic mass is 16.5. The second-order valence-electron chi connectivity index (χ2n) is 5.18. The van der Waals surface area contributed by atoms with Crippen molar-refractivity contribution in [1.82, 2.24) is 10.5 Å². The maximum absolute atomic E-state index is 12.5. The summed E-state index contributed by atoms with van der Waals surface area (Å²) >= 11 is 0. The van der Waals surface area contributed by atoms with Gasteiger partial charge in [0.1, 0.15) is 17.0 Å². The molecule has 0 radical (unpaired) electrons. The molecular formula is C20H16N2O2. The SMILES string of the molecule is Cc1onc(-c2ccccc2)c1C(=O)NCC#Cc1ccccc1. The molecule has 0 bridgehead atoms. The molecule has 0 atom stereocenters. The molecule has 3 rings (SSSR count). The van der Waals surface area contributed by atoms with Gasteiger partial charge < -0.3 is 9.84 Å². The molecular weight excluding hydrogens is 300 g/mol. The first kappa shape index (κ1) is 15.6. The van der Waals surface area contributed by atoms with Crippen LogP contribution in [-0.2, 0) is 0 Å². The Morgan fingerprint density at radius 2 is 1.75 bits per heavy atom. The summed E-state index contributed by atoms with van der Waals surface area (Å²) in [7, 11) is 0. The number of aryl methyl sites for hydroxylation is 1. The van der Waals surface area contributed by atoms with E-state index < -0.39 is 0 Å². The average Bonchev–Trinajstić information content (AvgIpc) is 3.02. The molecule has 0 fully saturated rings. The summed E-state index contributed by atoms with van der Waals surface area (Å²) in [4.78, 5) is 12.5. The standard InChI is InChI=1S/C20H16N2O2/c1-15-18(19(22-24-15)17-12-6-3-7-13-17)20(23)21-14-8-11-16-9-4-2-5-10-16/h2-7,9-10,12-13H,14H2,1H3,(H,21,23). The van der Waals surface area contributed by atoms with Crippen molar-refractivity contribution in [3.05, 3.63) is 77.6 Å². The van der Waals surface area contributed by atoms with Gasteiger partial charge in [-0.1, -0.05) is 65.5 Å². The van der Waals surface area contributed by atoms with E-state index in [1.807, 2.05) is 60.7 Å². The molecule has 0 spiro atoms. The molecule has 1 amide bonds. The average molecular weight is 316 g/mol. The van der Waals surface area contributed by atoms with Crippen molar-refractivity contribution in [2.24, 2.45) is 0 Å². The zero-order valence-corrected chi connectivity index (χ0v) is 13.2. The minimum Gasteiger partial charge on any atom is -0.360 e. The Labute approximate surface area is 140 Å². The van der Waals surface area contributed by atoms with Gasteiger partial charge in [-0.3, -0.25) is 4.79 Å². The Balaban J connectivity index is 1.72. The third kappa shape index (κ3) is 3.53. The zero-order valence-electron chi connectivity index (χ0n) is 13.2. The number of nitrogens with one attached hydrogen (secondary N) is 1. The fraction of sp³-hybridized carbons (Fsp3) is 0.100. The van der Waals surface area contributed by atoms with Gasteiger partial charge in [-0.25, -0.2) is 0 Å². The van der Waals surface area contributed by atoms with E-state index in [1.54, 1.807) is 6.92 Å². The van der Waals surface area contributed by atoms with Crippen LogP contribution in [0.2, 0.25) is 0 Å². The summed E-state index contributed by atoms with van der Waals surface area (Å²) in [5, 5.41) is 6.80. The normalized spacial score (nSPS) is 9.88. The van der Waals surface area contributed by atoms with Crippen molar-refractivity contribution >= 4 is 5.91 Å². The molecule has 0 aliphatic rings. The second kappa shape index (κ2) is 7.30. The Bertz CT molecular complexity index is 888. The molecule has 0 saturated heterocycles. The lowest BCUT2D eigenvalue weighted by atomic mass is 10.1. The summed E-state index contributed by atoms with van der Waals surface area (Å²) in [5.74, 6) is 6.19. The van der Waals surface area contributed by atoms with Gasteiger partial charge in [-0.15, -0.1) is 0 Å². The summed E-state index contributed by atoms with van der Waals surface area (Å²) in [6.07, 6.45) is 0. The van der Waals surface area contributed by atoms with Crippen LogP contribution < -0.4 is 5.32 Å². The molecule has 4 heteroatoms. The summed E-state index contributed by atoms with van der Waals surface area (Å²) in [6.45, 7) is 1.98. The number of carbonyl (C=O) groups is 1. The van der Waals surface area contributed by atoms with Crippen molar-refractivity contribution in [1.29, 1.82) is 0 Å². The maximum atomic E-state index is 12.5.